The van der Waals surface area contributed by atoms with Gasteiger partial charge in [-0.05, 0) is 18.2 Å². The van der Waals surface area contributed by atoms with E-state index in [1.807, 2.05) is 0 Å². The summed E-state index contributed by atoms with van der Waals surface area (Å²) in [4.78, 5) is 0. The zero-order chi connectivity index (χ0) is 11.8. The quantitative estimate of drug-likeness (QED) is 0.795. The SMILES string of the molecule is Nc1ccc(OC2COC2)cc1C(F)(F)F. The largest absolute Gasteiger partial charge is 0.486 e. The second-order valence-electron chi connectivity index (χ2n) is 3.52. The van der Waals surface area contributed by atoms with Crippen molar-refractivity contribution in [1.29, 1.82) is 0 Å². The van der Waals surface area contributed by atoms with Gasteiger partial charge in [0, 0.05) is 5.69 Å². The summed E-state index contributed by atoms with van der Waals surface area (Å²) >= 11 is 0. The summed E-state index contributed by atoms with van der Waals surface area (Å²) < 4.78 is 47.6. The molecule has 1 aliphatic heterocycles. The minimum absolute atomic E-state index is 0.162. The van der Waals surface area contributed by atoms with Crippen LogP contribution in [-0.4, -0.2) is 19.3 Å². The Morgan fingerprint density at radius 1 is 1.31 bits per heavy atom. The third-order valence-electron chi connectivity index (χ3n) is 2.24. The molecule has 0 saturated carbocycles. The van der Waals surface area contributed by atoms with Gasteiger partial charge in [0.15, 0.2) is 0 Å². The topological polar surface area (TPSA) is 44.5 Å². The van der Waals surface area contributed by atoms with Crippen molar-refractivity contribution in [3.8, 4) is 5.75 Å². The lowest BCUT2D eigenvalue weighted by Crippen LogP contribution is -2.38. The molecule has 2 N–H and O–H groups in total. The maximum Gasteiger partial charge on any atom is 0.418 e. The standard InChI is InChI=1S/C10H10F3NO2/c11-10(12,13)8-3-6(1-2-9(8)14)16-7-4-15-5-7/h1-3,7H,4-5,14H2. The summed E-state index contributed by atoms with van der Waals surface area (Å²) in [5.41, 5.74) is 4.08. The highest BCUT2D eigenvalue weighted by Crippen LogP contribution is 2.36. The van der Waals surface area contributed by atoms with E-state index >= 15 is 0 Å². The number of hydrogen-bond donors (Lipinski definition) is 1. The second-order valence-corrected chi connectivity index (χ2v) is 3.52. The highest BCUT2D eigenvalue weighted by Gasteiger charge is 2.33. The Balaban J connectivity index is 2.20. The van der Waals surface area contributed by atoms with E-state index in [-0.39, 0.29) is 17.5 Å². The first-order valence-electron chi connectivity index (χ1n) is 4.68. The second kappa shape index (κ2) is 3.86. The van der Waals surface area contributed by atoms with Crippen LogP contribution < -0.4 is 10.5 Å². The molecule has 2 rings (SSSR count). The van der Waals surface area contributed by atoms with E-state index in [2.05, 4.69) is 0 Å². The van der Waals surface area contributed by atoms with Crippen LogP contribution in [0.25, 0.3) is 0 Å². The number of hydrogen-bond acceptors (Lipinski definition) is 3. The number of alkyl halides is 3. The number of nitrogens with two attached hydrogens (primary N) is 1. The van der Waals surface area contributed by atoms with Gasteiger partial charge in [-0.25, -0.2) is 0 Å². The molecular formula is C10H10F3NO2. The highest BCUT2D eigenvalue weighted by molar-refractivity contribution is 5.52. The fraction of sp³-hybridized carbons (Fsp3) is 0.400. The minimum Gasteiger partial charge on any atom is -0.486 e. The molecule has 0 atom stereocenters. The van der Waals surface area contributed by atoms with E-state index in [4.69, 9.17) is 15.2 Å². The lowest BCUT2D eigenvalue weighted by molar-refractivity contribution is -0.137. The zero-order valence-electron chi connectivity index (χ0n) is 8.25. The van der Waals surface area contributed by atoms with Crippen molar-refractivity contribution >= 4 is 5.69 Å². The van der Waals surface area contributed by atoms with E-state index in [9.17, 15) is 13.2 Å². The van der Waals surface area contributed by atoms with Crippen LogP contribution in [0.5, 0.6) is 5.75 Å². The van der Waals surface area contributed by atoms with E-state index < -0.39 is 11.7 Å². The minimum atomic E-state index is -4.46. The molecule has 1 saturated heterocycles. The molecule has 1 aromatic carbocycles. The Hall–Kier alpha value is -1.43. The van der Waals surface area contributed by atoms with Gasteiger partial charge in [-0.3, -0.25) is 0 Å². The van der Waals surface area contributed by atoms with Gasteiger partial charge in [-0.15, -0.1) is 0 Å². The first-order valence-corrected chi connectivity index (χ1v) is 4.68. The van der Waals surface area contributed by atoms with Gasteiger partial charge in [0.1, 0.15) is 11.9 Å². The molecule has 0 radical (unpaired) electrons. The number of anilines is 1. The monoisotopic (exact) mass is 233 g/mol. The Labute approximate surface area is 89.9 Å². The van der Waals surface area contributed by atoms with Gasteiger partial charge in [0.2, 0.25) is 0 Å². The first kappa shape index (κ1) is 11.1. The van der Waals surface area contributed by atoms with Crippen LogP contribution in [0.3, 0.4) is 0 Å². The van der Waals surface area contributed by atoms with Crippen LogP contribution in [0.1, 0.15) is 5.56 Å². The Bertz CT molecular complexity index is 388. The van der Waals surface area contributed by atoms with E-state index in [0.717, 1.165) is 6.07 Å². The summed E-state index contributed by atoms with van der Waals surface area (Å²) in [6.45, 7) is 0.817. The molecule has 0 bridgehead atoms. The van der Waals surface area contributed by atoms with Crippen molar-refractivity contribution < 1.29 is 22.6 Å². The van der Waals surface area contributed by atoms with E-state index in [1.54, 1.807) is 0 Å². The maximum absolute atomic E-state index is 12.5. The molecule has 1 aromatic rings. The molecule has 0 aliphatic carbocycles. The van der Waals surface area contributed by atoms with E-state index in [0.29, 0.717) is 13.2 Å². The van der Waals surface area contributed by atoms with Crippen molar-refractivity contribution in [2.24, 2.45) is 0 Å². The predicted octanol–water partition coefficient (Wildman–Crippen LogP) is 2.07. The van der Waals surface area contributed by atoms with Crippen molar-refractivity contribution in [2.75, 3.05) is 18.9 Å². The number of benzene rings is 1. The molecule has 3 nitrogen and oxygen atoms in total. The fourth-order valence-corrected chi connectivity index (χ4v) is 1.33. The number of nitrogen functional groups attached to an aromatic ring is 1. The molecule has 0 aromatic heterocycles. The van der Waals surface area contributed by atoms with Gasteiger partial charge in [-0.1, -0.05) is 0 Å². The first-order chi connectivity index (χ1) is 7.47. The molecular weight excluding hydrogens is 223 g/mol. The van der Waals surface area contributed by atoms with Crippen LogP contribution in [-0.2, 0) is 10.9 Å². The maximum atomic E-state index is 12.5. The number of rotatable bonds is 2. The average Bonchev–Trinajstić information content (AvgIpc) is 2.12. The molecule has 0 unspecified atom stereocenters. The van der Waals surface area contributed by atoms with Crippen LogP contribution in [0.4, 0.5) is 18.9 Å². The summed E-state index contributed by atoms with van der Waals surface area (Å²) in [5, 5.41) is 0. The van der Waals surface area contributed by atoms with Crippen molar-refractivity contribution in [2.45, 2.75) is 12.3 Å². The summed E-state index contributed by atoms with van der Waals surface area (Å²) in [6, 6.07) is 3.52. The van der Waals surface area contributed by atoms with Crippen molar-refractivity contribution in [3.05, 3.63) is 23.8 Å². The molecule has 1 heterocycles. The highest BCUT2D eigenvalue weighted by atomic mass is 19.4. The lowest BCUT2D eigenvalue weighted by Gasteiger charge is -2.27. The van der Waals surface area contributed by atoms with Crippen molar-refractivity contribution in [1.82, 2.24) is 0 Å². The smallest absolute Gasteiger partial charge is 0.418 e. The Morgan fingerprint density at radius 2 is 2.00 bits per heavy atom. The Morgan fingerprint density at radius 3 is 2.50 bits per heavy atom. The number of halogens is 3. The van der Waals surface area contributed by atoms with Gasteiger partial charge in [-0.2, -0.15) is 13.2 Å². The fourth-order valence-electron chi connectivity index (χ4n) is 1.33. The summed E-state index contributed by atoms with van der Waals surface area (Å²) in [7, 11) is 0. The molecule has 6 heteroatoms. The molecule has 1 aliphatic rings. The van der Waals surface area contributed by atoms with Gasteiger partial charge in [0.25, 0.3) is 0 Å². The molecule has 1 fully saturated rings. The van der Waals surface area contributed by atoms with Crippen LogP contribution >= 0.6 is 0 Å². The molecule has 0 amide bonds. The summed E-state index contributed by atoms with van der Waals surface area (Å²) in [6.07, 6.45) is -4.62. The molecule has 88 valence electrons. The van der Waals surface area contributed by atoms with Crippen LogP contribution in [0, 0.1) is 0 Å². The molecule has 16 heavy (non-hydrogen) atoms. The van der Waals surface area contributed by atoms with Gasteiger partial charge in [0.05, 0.1) is 18.8 Å². The normalized spacial score (nSPS) is 16.9. The predicted molar refractivity (Wildman–Crippen MR) is 51.1 cm³/mol. The van der Waals surface area contributed by atoms with Crippen molar-refractivity contribution in [3.63, 3.8) is 0 Å². The average molecular weight is 233 g/mol. The molecule has 0 spiro atoms. The summed E-state index contributed by atoms with van der Waals surface area (Å²) in [5.74, 6) is 0.162. The van der Waals surface area contributed by atoms with Crippen LogP contribution in [0.15, 0.2) is 18.2 Å². The number of ether oxygens (including phenoxy) is 2. The van der Waals surface area contributed by atoms with Gasteiger partial charge >= 0.3 is 6.18 Å². The van der Waals surface area contributed by atoms with E-state index in [1.165, 1.54) is 12.1 Å². The lowest BCUT2D eigenvalue weighted by atomic mass is 10.1. The zero-order valence-corrected chi connectivity index (χ0v) is 8.25. The Kier molecular flexibility index (Phi) is 2.67. The van der Waals surface area contributed by atoms with Gasteiger partial charge < -0.3 is 15.2 Å². The third kappa shape index (κ3) is 2.21. The van der Waals surface area contributed by atoms with Crippen LogP contribution in [0.2, 0.25) is 0 Å². The third-order valence-corrected chi connectivity index (χ3v) is 2.24.